The van der Waals surface area contributed by atoms with Gasteiger partial charge in [0.1, 0.15) is 23.1 Å². The highest BCUT2D eigenvalue weighted by molar-refractivity contribution is 6.33. The third-order valence-corrected chi connectivity index (χ3v) is 6.61. The number of carbonyl (C=O) groups is 1. The number of methoxy groups -OCH3 is 1. The van der Waals surface area contributed by atoms with Crippen LogP contribution >= 0.6 is 11.6 Å². The van der Waals surface area contributed by atoms with Crippen LogP contribution in [0.3, 0.4) is 0 Å². The molecule has 0 aliphatic carbocycles. The molecule has 4 heterocycles. The first-order valence-electron chi connectivity index (χ1n) is 11.6. The summed E-state index contributed by atoms with van der Waals surface area (Å²) in [5.74, 6) is 1.04. The predicted molar refractivity (Wildman–Crippen MR) is 135 cm³/mol. The van der Waals surface area contributed by atoms with Gasteiger partial charge in [-0.15, -0.1) is 0 Å². The number of amides is 1. The number of nitrogens with one attached hydrogen (secondary N) is 1. The number of hydrogen-bond donors (Lipinski definition) is 2. The Labute approximate surface area is 217 Å². The molecule has 192 valence electrons. The standard InChI is InChI=1S/C26H25ClFN5O4/c1-15-5-25(31-37-15)30-24-8-21(22(27)9-29-24)18-7-23-26(35)33(20(14-36-2)12-32(23)10-18)11-17-6-19(28)4-3-16(17)13-34/h3-10,20,34H,11-14H2,1-2H3,(H,29,30,31)/t20-/m1/s1. The van der Waals surface area contributed by atoms with Crippen LogP contribution in [0.1, 0.15) is 27.4 Å². The molecule has 1 aliphatic rings. The van der Waals surface area contributed by atoms with Crippen molar-refractivity contribution in [1.29, 1.82) is 0 Å². The normalized spacial score (nSPS) is 15.2. The van der Waals surface area contributed by atoms with Crippen LogP contribution in [0.2, 0.25) is 5.02 Å². The van der Waals surface area contributed by atoms with Crippen LogP contribution in [0, 0.1) is 12.7 Å². The van der Waals surface area contributed by atoms with Crippen LogP contribution in [0.4, 0.5) is 16.0 Å². The number of aromatic nitrogens is 3. The van der Waals surface area contributed by atoms with E-state index in [2.05, 4.69) is 15.5 Å². The highest BCUT2D eigenvalue weighted by atomic mass is 35.5. The summed E-state index contributed by atoms with van der Waals surface area (Å²) in [4.78, 5) is 19.6. The molecule has 37 heavy (non-hydrogen) atoms. The first-order chi connectivity index (χ1) is 17.9. The van der Waals surface area contributed by atoms with E-state index < -0.39 is 5.82 Å². The molecule has 0 saturated heterocycles. The summed E-state index contributed by atoms with van der Waals surface area (Å²) in [6.07, 6.45) is 3.41. The van der Waals surface area contributed by atoms with E-state index in [-0.39, 0.29) is 25.1 Å². The molecule has 0 bridgehead atoms. The maximum Gasteiger partial charge on any atom is 0.271 e. The van der Waals surface area contributed by atoms with Crippen molar-refractivity contribution in [1.82, 2.24) is 19.6 Å². The molecule has 3 aromatic heterocycles. The van der Waals surface area contributed by atoms with Gasteiger partial charge in [-0.3, -0.25) is 4.79 Å². The van der Waals surface area contributed by atoms with E-state index in [1.807, 2.05) is 10.8 Å². The SMILES string of the molecule is COC[C@H]1Cn2cc(-c3cc(Nc4cc(C)on4)ncc3Cl)cc2C(=O)N1Cc1cc(F)ccc1CO. The molecule has 1 aliphatic heterocycles. The number of hydrogen-bond acceptors (Lipinski definition) is 7. The predicted octanol–water partition coefficient (Wildman–Crippen LogP) is 4.55. The number of benzene rings is 1. The fraction of sp³-hybridized carbons (Fsp3) is 0.269. The summed E-state index contributed by atoms with van der Waals surface area (Å²) < 4.78 is 26.3. The smallest absolute Gasteiger partial charge is 0.271 e. The van der Waals surface area contributed by atoms with Crippen molar-refractivity contribution in [2.45, 2.75) is 32.7 Å². The number of anilines is 2. The van der Waals surface area contributed by atoms with Crippen LogP contribution in [0.15, 0.2) is 53.3 Å². The van der Waals surface area contributed by atoms with Gasteiger partial charge >= 0.3 is 0 Å². The Kier molecular flexibility index (Phi) is 6.96. The number of halogens is 2. The number of pyridine rings is 1. The molecule has 4 aromatic rings. The Bertz CT molecular complexity index is 1450. The van der Waals surface area contributed by atoms with Gasteiger partial charge in [-0.05, 0) is 42.3 Å². The minimum Gasteiger partial charge on any atom is -0.392 e. The van der Waals surface area contributed by atoms with Crippen molar-refractivity contribution in [3.63, 3.8) is 0 Å². The van der Waals surface area contributed by atoms with Gasteiger partial charge in [-0.25, -0.2) is 9.37 Å². The van der Waals surface area contributed by atoms with Crippen molar-refractivity contribution in [3.05, 3.63) is 82.2 Å². The van der Waals surface area contributed by atoms with E-state index in [0.29, 0.717) is 58.0 Å². The molecule has 0 radical (unpaired) electrons. The second kappa shape index (κ2) is 10.3. The monoisotopic (exact) mass is 525 g/mol. The molecule has 5 rings (SSSR count). The molecule has 0 spiro atoms. The first kappa shape index (κ1) is 24.9. The zero-order valence-corrected chi connectivity index (χ0v) is 21.0. The van der Waals surface area contributed by atoms with Crippen molar-refractivity contribution in [3.8, 4) is 11.1 Å². The van der Waals surface area contributed by atoms with Crippen LogP contribution in [-0.2, 0) is 24.4 Å². The Morgan fingerprint density at radius 2 is 2.08 bits per heavy atom. The van der Waals surface area contributed by atoms with Crippen molar-refractivity contribution in [2.24, 2.45) is 0 Å². The van der Waals surface area contributed by atoms with Crippen LogP contribution in [0.5, 0.6) is 0 Å². The van der Waals surface area contributed by atoms with Crippen molar-refractivity contribution >= 4 is 29.1 Å². The second-order valence-electron chi connectivity index (χ2n) is 8.88. The fourth-order valence-electron chi connectivity index (χ4n) is 4.53. The molecular weight excluding hydrogens is 501 g/mol. The Morgan fingerprint density at radius 1 is 1.24 bits per heavy atom. The molecule has 1 atom stereocenters. The Balaban J connectivity index is 1.47. The van der Waals surface area contributed by atoms with Crippen LogP contribution in [0.25, 0.3) is 11.1 Å². The number of ether oxygens (including phenoxy) is 1. The van der Waals surface area contributed by atoms with Gasteiger partial charge in [0.15, 0.2) is 5.82 Å². The molecule has 0 unspecified atom stereocenters. The summed E-state index contributed by atoms with van der Waals surface area (Å²) in [6, 6.07) is 9.19. The average Bonchev–Trinajstić information content (AvgIpc) is 3.49. The number of fused-ring (bicyclic) bond motifs is 1. The van der Waals surface area contributed by atoms with Gasteiger partial charge in [0.2, 0.25) is 0 Å². The summed E-state index contributed by atoms with van der Waals surface area (Å²) in [6.45, 7) is 2.45. The van der Waals surface area contributed by atoms with Gasteiger partial charge in [-0.1, -0.05) is 22.8 Å². The lowest BCUT2D eigenvalue weighted by Crippen LogP contribution is -2.49. The highest BCUT2D eigenvalue weighted by Gasteiger charge is 2.34. The summed E-state index contributed by atoms with van der Waals surface area (Å²) in [7, 11) is 1.57. The van der Waals surface area contributed by atoms with Crippen molar-refractivity contribution < 1.29 is 23.6 Å². The maximum atomic E-state index is 14.0. The van der Waals surface area contributed by atoms with Crippen molar-refractivity contribution in [2.75, 3.05) is 19.0 Å². The number of nitrogens with zero attached hydrogens (tertiary/aromatic N) is 4. The quantitative estimate of drug-likeness (QED) is 0.348. The third-order valence-electron chi connectivity index (χ3n) is 6.31. The molecule has 1 aromatic carbocycles. The lowest BCUT2D eigenvalue weighted by Gasteiger charge is -2.36. The van der Waals surface area contributed by atoms with Crippen LogP contribution in [-0.4, -0.2) is 50.4 Å². The summed E-state index contributed by atoms with van der Waals surface area (Å²) in [5.41, 5.74) is 3.02. The lowest BCUT2D eigenvalue weighted by atomic mass is 10.0. The van der Waals surface area contributed by atoms with E-state index >= 15 is 0 Å². The minimum atomic E-state index is -0.428. The van der Waals surface area contributed by atoms with Gasteiger partial charge < -0.3 is 29.2 Å². The fourth-order valence-corrected chi connectivity index (χ4v) is 4.74. The lowest BCUT2D eigenvalue weighted by molar-refractivity contribution is 0.0386. The summed E-state index contributed by atoms with van der Waals surface area (Å²) >= 11 is 6.49. The molecule has 11 heteroatoms. The van der Waals surface area contributed by atoms with E-state index in [4.69, 9.17) is 20.9 Å². The second-order valence-corrected chi connectivity index (χ2v) is 9.28. The van der Waals surface area contributed by atoms with E-state index in [1.165, 1.54) is 24.4 Å². The Morgan fingerprint density at radius 3 is 2.81 bits per heavy atom. The highest BCUT2D eigenvalue weighted by Crippen LogP contribution is 2.34. The third kappa shape index (κ3) is 5.08. The van der Waals surface area contributed by atoms with E-state index in [0.717, 1.165) is 5.56 Å². The zero-order chi connectivity index (χ0) is 26.1. The first-order valence-corrected chi connectivity index (χ1v) is 12.0. The van der Waals surface area contributed by atoms with Gasteiger partial charge in [0.25, 0.3) is 5.91 Å². The van der Waals surface area contributed by atoms with Gasteiger partial charge in [0, 0.05) is 49.8 Å². The topological polar surface area (TPSA) is 106 Å². The minimum absolute atomic E-state index is 0.141. The number of carbonyl (C=O) groups excluding carboxylic acids is 1. The van der Waals surface area contributed by atoms with Gasteiger partial charge in [0.05, 0.1) is 24.3 Å². The largest absolute Gasteiger partial charge is 0.392 e. The molecule has 1 amide bonds. The summed E-state index contributed by atoms with van der Waals surface area (Å²) in [5, 5.41) is 17.1. The van der Waals surface area contributed by atoms with E-state index in [1.54, 1.807) is 37.1 Å². The number of aliphatic hydroxyl groups is 1. The molecule has 0 saturated carbocycles. The number of rotatable bonds is 8. The van der Waals surface area contributed by atoms with Crippen LogP contribution < -0.4 is 5.32 Å². The molecule has 0 fully saturated rings. The molecular formula is C26H25ClFN5O4. The zero-order valence-electron chi connectivity index (χ0n) is 20.2. The molecule has 2 N–H and O–H groups in total. The van der Waals surface area contributed by atoms with E-state index in [9.17, 15) is 14.3 Å². The van der Waals surface area contributed by atoms with Gasteiger partial charge in [-0.2, -0.15) is 0 Å². The maximum absolute atomic E-state index is 14.0. The molecule has 9 nitrogen and oxygen atoms in total. The number of aliphatic hydroxyl groups excluding tert-OH is 1. The Hall–Kier alpha value is -3.73. The number of aryl methyl sites for hydroxylation is 1. The average molecular weight is 526 g/mol.